The fourth-order valence-electron chi connectivity index (χ4n) is 1.58. The summed E-state index contributed by atoms with van der Waals surface area (Å²) < 4.78 is 6.47. The molecule has 6 heteroatoms. The van der Waals surface area contributed by atoms with Crippen LogP contribution in [0.1, 0.15) is 10.4 Å². The second kappa shape index (κ2) is 8.71. The molecule has 2 aromatic rings. The van der Waals surface area contributed by atoms with E-state index in [9.17, 15) is 9.59 Å². The number of aromatic nitrogens is 1. The van der Waals surface area contributed by atoms with E-state index in [4.69, 9.17) is 4.74 Å². The second-order valence-corrected chi connectivity index (χ2v) is 4.02. The summed E-state index contributed by atoms with van der Waals surface area (Å²) >= 11 is 0. The molecule has 1 aromatic heterocycles. The van der Waals surface area contributed by atoms with Crippen LogP contribution in [-0.2, 0) is 4.74 Å². The fraction of sp³-hybridized carbons (Fsp3) is 0.133. The van der Waals surface area contributed by atoms with Gasteiger partial charge in [-0.25, -0.2) is 10.1 Å². The lowest BCUT2D eigenvalue weighted by Crippen LogP contribution is -3.00. The number of esters is 1. The van der Waals surface area contributed by atoms with E-state index >= 15 is 0 Å². The van der Waals surface area contributed by atoms with Gasteiger partial charge >= 0.3 is 12.0 Å². The van der Waals surface area contributed by atoms with Gasteiger partial charge in [-0.1, -0.05) is 24.3 Å². The summed E-state index contributed by atoms with van der Waals surface area (Å²) in [6.45, 7) is 0.395. The van der Waals surface area contributed by atoms with E-state index < -0.39 is 5.97 Å². The van der Waals surface area contributed by atoms with Crippen molar-refractivity contribution in [3.8, 4) is 0 Å². The van der Waals surface area contributed by atoms with Crippen LogP contribution in [0.4, 0.5) is 4.79 Å². The SMILES string of the molecule is O=C(OCCNC(=O)[n+]1ccccc1)c1ccccc1.[Cl-]. The minimum atomic E-state index is -0.396. The number of benzene rings is 1. The minimum Gasteiger partial charge on any atom is -1.00 e. The van der Waals surface area contributed by atoms with E-state index in [0.29, 0.717) is 5.56 Å². The maximum atomic E-state index is 11.7. The first-order chi connectivity index (χ1) is 9.77. The molecule has 1 heterocycles. The largest absolute Gasteiger partial charge is 1.00 e. The Morgan fingerprint density at radius 3 is 2.29 bits per heavy atom. The third-order valence-corrected chi connectivity index (χ3v) is 2.57. The molecular formula is C15H15ClN2O3. The first-order valence-corrected chi connectivity index (χ1v) is 6.24. The van der Waals surface area contributed by atoms with Gasteiger partial charge in [0.1, 0.15) is 13.2 Å². The monoisotopic (exact) mass is 306 g/mol. The van der Waals surface area contributed by atoms with E-state index in [1.807, 2.05) is 12.1 Å². The molecule has 0 unspecified atom stereocenters. The van der Waals surface area contributed by atoms with Gasteiger partial charge in [-0.15, -0.1) is 0 Å². The lowest BCUT2D eigenvalue weighted by atomic mass is 10.2. The van der Waals surface area contributed by atoms with E-state index in [1.165, 1.54) is 4.57 Å². The third-order valence-electron chi connectivity index (χ3n) is 2.57. The second-order valence-electron chi connectivity index (χ2n) is 4.02. The predicted octanol–water partition coefficient (Wildman–Crippen LogP) is -1.61. The van der Waals surface area contributed by atoms with Crippen molar-refractivity contribution in [1.29, 1.82) is 0 Å². The number of ether oxygens (including phenoxy) is 1. The number of amides is 1. The molecule has 1 amide bonds. The molecule has 110 valence electrons. The summed E-state index contributed by atoms with van der Waals surface area (Å²) in [6.07, 6.45) is 3.29. The quantitative estimate of drug-likeness (QED) is 0.420. The summed E-state index contributed by atoms with van der Waals surface area (Å²) in [6, 6.07) is 13.8. The number of carbonyl (C=O) groups is 2. The van der Waals surface area contributed by atoms with Gasteiger partial charge in [-0.3, -0.25) is 0 Å². The van der Waals surface area contributed by atoms with E-state index in [0.717, 1.165) is 0 Å². The van der Waals surface area contributed by atoms with Crippen molar-refractivity contribution < 1.29 is 31.3 Å². The smallest absolute Gasteiger partial charge is 0.495 e. The summed E-state index contributed by atoms with van der Waals surface area (Å²) in [5.74, 6) is -0.396. The first-order valence-electron chi connectivity index (χ1n) is 6.24. The Balaban J connectivity index is 0.00000220. The van der Waals surface area contributed by atoms with Crippen molar-refractivity contribution in [1.82, 2.24) is 5.32 Å². The summed E-state index contributed by atoms with van der Waals surface area (Å²) in [4.78, 5) is 23.3. The Morgan fingerprint density at radius 2 is 1.62 bits per heavy atom. The Morgan fingerprint density at radius 1 is 1.00 bits per heavy atom. The van der Waals surface area contributed by atoms with Crippen LogP contribution in [0.25, 0.3) is 0 Å². The Labute approximate surface area is 129 Å². The van der Waals surface area contributed by atoms with Crippen LogP contribution in [-0.4, -0.2) is 25.2 Å². The average molecular weight is 307 g/mol. The standard InChI is InChI=1S/C15H14N2O3.ClH/c18-14(13-7-3-1-4-8-13)20-12-9-16-15(19)17-10-5-2-6-11-17;/h1-8,10-11H,9,12H2;1H. The molecule has 0 aliphatic heterocycles. The van der Waals surface area contributed by atoms with Crippen molar-refractivity contribution in [3.05, 3.63) is 66.5 Å². The lowest BCUT2D eigenvalue weighted by molar-refractivity contribution is -0.572. The molecule has 0 bridgehead atoms. The Hall–Kier alpha value is -2.40. The molecule has 0 aliphatic rings. The number of pyridine rings is 1. The zero-order chi connectivity index (χ0) is 14.2. The Bertz CT molecular complexity index is 522. The lowest BCUT2D eigenvalue weighted by Gasteiger charge is -2.03. The summed E-state index contributed by atoms with van der Waals surface area (Å²) in [7, 11) is 0. The molecule has 1 N–H and O–H groups in total. The molecule has 0 saturated carbocycles. The summed E-state index contributed by atoms with van der Waals surface area (Å²) in [5, 5.41) is 2.65. The van der Waals surface area contributed by atoms with Crippen LogP contribution in [0.5, 0.6) is 0 Å². The predicted molar refractivity (Wildman–Crippen MR) is 72.2 cm³/mol. The fourth-order valence-corrected chi connectivity index (χ4v) is 1.58. The molecule has 0 fully saturated rings. The van der Waals surface area contributed by atoms with Crippen LogP contribution in [0.3, 0.4) is 0 Å². The van der Waals surface area contributed by atoms with Crippen molar-refractivity contribution in [2.45, 2.75) is 0 Å². The average Bonchev–Trinajstić information content (AvgIpc) is 2.53. The maximum absolute atomic E-state index is 11.7. The Kier molecular flexibility index (Phi) is 6.91. The van der Waals surface area contributed by atoms with Crippen molar-refractivity contribution in [2.75, 3.05) is 13.2 Å². The van der Waals surface area contributed by atoms with Gasteiger partial charge < -0.3 is 17.1 Å². The van der Waals surface area contributed by atoms with Crippen molar-refractivity contribution >= 4 is 12.0 Å². The van der Waals surface area contributed by atoms with Gasteiger partial charge in [-0.2, -0.15) is 9.36 Å². The molecule has 0 spiro atoms. The minimum absolute atomic E-state index is 0. The highest BCUT2D eigenvalue weighted by molar-refractivity contribution is 5.89. The first kappa shape index (κ1) is 16.7. The molecule has 5 nitrogen and oxygen atoms in total. The number of nitrogens with zero attached hydrogens (tertiary/aromatic N) is 1. The summed E-state index contributed by atoms with van der Waals surface area (Å²) in [5.41, 5.74) is 0.497. The van der Waals surface area contributed by atoms with Crippen molar-refractivity contribution in [3.63, 3.8) is 0 Å². The molecule has 1 aromatic carbocycles. The highest BCUT2D eigenvalue weighted by Gasteiger charge is 2.11. The number of carbonyl (C=O) groups excluding carboxylic acids is 2. The van der Waals surface area contributed by atoms with Gasteiger partial charge in [0.2, 0.25) is 0 Å². The number of hydrogen-bond acceptors (Lipinski definition) is 3. The topological polar surface area (TPSA) is 59.3 Å². The highest BCUT2D eigenvalue weighted by Crippen LogP contribution is 2.00. The highest BCUT2D eigenvalue weighted by atomic mass is 35.5. The number of halogens is 1. The van der Waals surface area contributed by atoms with Gasteiger partial charge in [0.25, 0.3) is 0 Å². The third kappa shape index (κ3) is 5.24. The van der Waals surface area contributed by atoms with E-state index in [2.05, 4.69) is 5.32 Å². The molecule has 0 saturated heterocycles. The zero-order valence-corrected chi connectivity index (χ0v) is 12.0. The van der Waals surface area contributed by atoms with Gasteiger partial charge in [0, 0.05) is 0 Å². The molecule has 0 radical (unpaired) electrons. The van der Waals surface area contributed by atoms with E-state index in [1.54, 1.807) is 48.8 Å². The zero-order valence-electron chi connectivity index (χ0n) is 11.2. The van der Waals surface area contributed by atoms with Crippen LogP contribution in [0.15, 0.2) is 60.9 Å². The normalized spacial score (nSPS) is 9.33. The molecule has 0 atom stereocenters. The molecule has 0 aliphatic carbocycles. The number of nitrogens with one attached hydrogen (secondary N) is 1. The van der Waals surface area contributed by atoms with Crippen LogP contribution >= 0.6 is 0 Å². The van der Waals surface area contributed by atoms with Crippen LogP contribution in [0.2, 0.25) is 0 Å². The number of rotatable bonds is 4. The van der Waals surface area contributed by atoms with Gasteiger partial charge in [-0.05, 0) is 24.3 Å². The van der Waals surface area contributed by atoms with Crippen molar-refractivity contribution in [2.24, 2.45) is 0 Å². The maximum Gasteiger partial charge on any atom is 0.495 e. The number of hydrogen-bond donors (Lipinski definition) is 1. The molecular weight excluding hydrogens is 292 g/mol. The van der Waals surface area contributed by atoms with E-state index in [-0.39, 0.29) is 31.6 Å². The van der Waals surface area contributed by atoms with Gasteiger partial charge in [0.15, 0.2) is 0 Å². The molecule has 21 heavy (non-hydrogen) atoms. The van der Waals surface area contributed by atoms with Crippen LogP contribution < -0.4 is 22.3 Å². The van der Waals surface area contributed by atoms with Gasteiger partial charge in [0.05, 0.1) is 18.0 Å². The molecule has 2 rings (SSSR count). The van der Waals surface area contributed by atoms with Crippen LogP contribution in [0, 0.1) is 0 Å².